The molecule has 0 spiro atoms. The lowest BCUT2D eigenvalue weighted by Gasteiger charge is -2.30. The van der Waals surface area contributed by atoms with Gasteiger partial charge in [0.05, 0.1) is 13.0 Å². The van der Waals surface area contributed by atoms with E-state index in [2.05, 4.69) is 0 Å². The van der Waals surface area contributed by atoms with Gasteiger partial charge in [0.15, 0.2) is 0 Å². The van der Waals surface area contributed by atoms with Crippen LogP contribution in [0, 0.1) is 0 Å². The van der Waals surface area contributed by atoms with E-state index in [1.54, 1.807) is 0 Å². The summed E-state index contributed by atoms with van der Waals surface area (Å²) in [6, 6.07) is 0. The van der Waals surface area contributed by atoms with Gasteiger partial charge >= 0.3 is 5.97 Å². The van der Waals surface area contributed by atoms with E-state index in [1.165, 1.54) is 19.3 Å². The Hall–Kier alpha value is -0.570. The Kier molecular flexibility index (Phi) is 5.09. The van der Waals surface area contributed by atoms with E-state index in [9.17, 15) is 4.79 Å². The van der Waals surface area contributed by atoms with Gasteiger partial charge in [-0.3, -0.25) is 4.79 Å². The average Bonchev–Trinajstić information content (AvgIpc) is 2.13. The van der Waals surface area contributed by atoms with Gasteiger partial charge in [0.2, 0.25) is 0 Å². The molecule has 2 N–H and O–H groups in total. The van der Waals surface area contributed by atoms with Crippen LogP contribution in [0.5, 0.6) is 0 Å². The molecule has 1 rings (SSSR count). The molecule has 0 amide bonds. The largest absolute Gasteiger partial charge is 0.466 e. The maximum atomic E-state index is 11.4. The average molecular weight is 213 g/mol. The third-order valence-corrected chi connectivity index (χ3v) is 3.15. The molecule has 0 aromatic rings. The minimum absolute atomic E-state index is 0.138. The predicted octanol–water partition coefficient (Wildman–Crippen LogP) is 2.38. The molecule has 0 heterocycles. The molecule has 0 atom stereocenters. The Labute approximate surface area is 92.4 Å². The van der Waals surface area contributed by atoms with E-state index in [4.69, 9.17) is 10.5 Å². The first-order chi connectivity index (χ1) is 7.16. The van der Waals surface area contributed by atoms with E-state index in [0.717, 1.165) is 25.7 Å². The number of ether oxygens (including phenoxy) is 1. The maximum Gasteiger partial charge on any atom is 0.307 e. The highest BCUT2D eigenvalue weighted by molar-refractivity contribution is 5.70. The second-order valence-electron chi connectivity index (χ2n) is 4.61. The lowest BCUT2D eigenvalue weighted by atomic mass is 9.82. The van der Waals surface area contributed by atoms with Crippen molar-refractivity contribution >= 4 is 5.97 Å². The van der Waals surface area contributed by atoms with Crippen LogP contribution in [-0.4, -0.2) is 18.1 Å². The molecule has 0 aromatic heterocycles. The Morgan fingerprint density at radius 2 is 1.73 bits per heavy atom. The third kappa shape index (κ3) is 4.65. The van der Waals surface area contributed by atoms with Crippen molar-refractivity contribution in [3.63, 3.8) is 0 Å². The normalized spacial score (nSPS) is 21.5. The van der Waals surface area contributed by atoms with Gasteiger partial charge in [0, 0.05) is 5.54 Å². The van der Waals surface area contributed by atoms with Crippen LogP contribution < -0.4 is 5.73 Å². The van der Waals surface area contributed by atoms with Crippen LogP contribution >= 0.6 is 0 Å². The number of hydrogen-bond acceptors (Lipinski definition) is 3. The zero-order valence-corrected chi connectivity index (χ0v) is 9.76. The van der Waals surface area contributed by atoms with E-state index in [0.29, 0.717) is 13.0 Å². The zero-order valence-electron chi connectivity index (χ0n) is 9.76. The smallest absolute Gasteiger partial charge is 0.307 e. The van der Waals surface area contributed by atoms with Gasteiger partial charge < -0.3 is 10.5 Å². The van der Waals surface area contributed by atoms with Crippen molar-refractivity contribution in [3.8, 4) is 0 Å². The molecule has 15 heavy (non-hydrogen) atoms. The van der Waals surface area contributed by atoms with E-state index >= 15 is 0 Å². The molecule has 1 aliphatic rings. The van der Waals surface area contributed by atoms with Crippen molar-refractivity contribution in [2.24, 2.45) is 5.73 Å². The first-order valence-corrected chi connectivity index (χ1v) is 6.11. The molecular formula is C12H23NO2. The summed E-state index contributed by atoms with van der Waals surface area (Å²) in [6.45, 7) is 2.29. The summed E-state index contributed by atoms with van der Waals surface area (Å²) < 4.78 is 4.96. The summed E-state index contributed by atoms with van der Waals surface area (Å²) in [5.74, 6) is -0.138. The number of carbonyl (C=O) groups is 1. The fraction of sp³-hybridized carbons (Fsp3) is 0.917. The Morgan fingerprint density at radius 3 is 2.27 bits per heavy atom. The number of rotatable bonds is 3. The van der Waals surface area contributed by atoms with Gasteiger partial charge in [-0.2, -0.15) is 0 Å². The van der Waals surface area contributed by atoms with Gasteiger partial charge in [-0.15, -0.1) is 0 Å². The molecule has 1 saturated carbocycles. The molecule has 0 aliphatic heterocycles. The van der Waals surface area contributed by atoms with Crippen molar-refractivity contribution in [3.05, 3.63) is 0 Å². The molecule has 3 heteroatoms. The Morgan fingerprint density at radius 1 is 1.20 bits per heavy atom. The minimum Gasteiger partial charge on any atom is -0.466 e. The summed E-state index contributed by atoms with van der Waals surface area (Å²) in [4.78, 5) is 11.4. The maximum absolute atomic E-state index is 11.4. The highest BCUT2D eigenvalue weighted by Gasteiger charge is 2.28. The van der Waals surface area contributed by atoms with Gasteiger partial charge in [-0.1, -0.05) is 32.1 Å². The molecule has 1 aliphatic carbocycles. The molecule has 0 unspecified atom stereocenters. The predicted molar refractivity (Wildman–Crippen MR) is 60.5 cm³/mol. The van der Waals surface area contributed by atoms with Crippen molar-refractivity contribution in [1.82, 2.24) is 0 Å². The van der Waals surface area contributed by atoms with Crippen LogP contribution in [0.25, 0.3) is 0 Å². The number of nitrogens with two attached hydrogens (primary N) is 1. The third-order valence-electron chi connectivity index (χ3n) is 3.15. The SMILES string of the molecule is CCOC(=O)CC1(N)CCCCCCC1. The monoisotopic (exact) mass is 213 g/mol. The summed E-state index contributed by atoms with van der Waals surface area (Å²) in [5, 5.41) is 0. The van der Waals surface area contributed by atoms with Crippen LogP contribution in [0.15, 0.2) is 0 Å². The Balaban J connectivity index is 2.42. The summed E-state index contributed by atoms with van der Waals surface area (Å²) in [7, 11) is 0. The second kappa shape index (κ2) is 6.11. The van der Waals surface area contributed by atoms with Crippen molar-refractivity contribution < 1.29 is 9.53 Å². The minimum atomic E-state index is -0.299. The van der Waals surface area contributed by atoms with Crippen LogP contribution in [0.4, 0.5) is 0 Å². The molecule has 3 nitrogen and oxygen atoms in total. The second-order valence-corrected chi connectivity index (χ2v) is 4.61. The topological polar surface area (TPSA) is 52.3 Å². The van der Waals surface area contributed by atoms with Gasteiger partial charge in [0.1, 0.15) is 0 Å². The fourth-order valence-corrected chi connectivity index (χ4v) is 2.29. The fourth-order valence-electron chi connectivity index (χ4n) is 2.29. The van der Waals surface area contributed by atoms with E-state index < -0.39 is 0 Å². The first kappa shape index (κ1) is 12.5. The molecule has 0 saturated heterocycles. The van der Waals surface area contributed by atoms with Crippen LogP contribution in [0.1, 0.15) is 58.3 Å². The van der Waals surface area contributed by atoms with Gasteiger partial charge in [0.25, 0.3) is 0 Å². The lowest BCUT2D eigenvalue weighted by Crippen LogP contribution is -2.42. The van der Waals surface area contributed by atoms with Crippen LogP contribution in [0.2, 0.25) is 0 Å². The Bertz CT molecular complexity index is 196. The van der Waals surface area contributed by atoms with E-state index in [1.807, 2.05) is 6.92 Å². The van der Waals surface area contributed by atoms with Crippen molar-refractivity contribution in [2.45, 2.75) is 63.8 Å². The number of hydrogen-bond donors (Lipinski definition) is 1. The lowest BCUT2D eigenvalue weighted by molar-refractivity contribution is -0.144. The molecule has 0 bridgehead atoms. The summed E-state index contributed by atoms with van der Waals surface area (Å²) in [5.41, 5.74) is 5.96. The quantitative estimate of drug-likeness (QED) is 0.732. The first-order valence-electron chi connectivity index (χ1n) is 6.11. The highest BCUT2D eigenvalue weighted by atomic mass is 16.5. The van der Waals surface area contributed by atoms with Crippen molar-refractivity contribution in [2.75, 3.05) is 6.61 Å². The summed E-state index contributed by atoms with van der Waals surface area (Å²) in [6.07, 6.45) is 8.43. The van der Waals surface area contributed by atoms with Crippen molar-refractivity contribution in [1.29, 1.82) is 0 Å². The molecule has 1 fully saturated rings. The molecular weight excluding hydrogens is 190 g/mol. The standard InChI is InChI=1S/C12H23NO2/c1-2-15-11(14)10-12(13)8-6-4-3-5-7-9-12/h2-10,13H2,1H3. The highest BCUT2D eigenvalue weighted by Crippen LogP contribution is 2.27. The van der Waals surface area contributed by atoms with Crippen LogP contribution in [0.3, 0.4) is 0 Å². The van der Waals surface area contributed by atoms with Gasteiger partial charge in [-0.05, 0) is 19.8 Å². The molecule has 0 aromatic carbocycles. The summed E-state index contributed by atoms with van der Waals surface area (Å²) >= 11 is 0. The molecule has 0 radical (unpaired) electrons. The molecule has 88 valence electrons. The van der Waals surface area contributed by atoms with Crippen LogP contribution in [-0.2, 0) is 9.53 Å². The van der Waals surface area contributed by atoms with E-state index in [-0.39, 0.29) is 11.5 Å². The number of esters is 1. The van der Waals surface area contributed by atoms with Gasteiger partial charge in [-0.25, -0.2) is 0 Å². The number of carbonyl (C=O) groups excluding carboxylic acids is 1. The zero-order chi connectivity index (χ0) is 11.1.